The number of nitrogens with zero attached hydrogens (tertiary/aromatic N) is 3. The van der Waals surface area contributed by atoms with Gasteiger partial charge in [-0.3, -0.25) is 0 Å². The first-order chi connectivity index (χ1) is 12.6. The van der Waals surface area contributed by atoms with Gasteiger partial charge in [0, 0.05) is 0 Å². The number of ether oxygens (including phenoxy) is 1. The monoisotopic (exact) mass is 349 g/mol. The van der Waals surface area contributed by atoms with E-state index in [4.69, 9.17) is 10.5 Å². The molecule has 2 atom stereocenters. The molecule has 0 radical (unpaired) electrons. The Morgan fingerprint density at radius 2 is 1.81 bits per heavy atom. The number of fused-ring (bicyclic) bond motifs is 1. The molecule has 0 unspecified atom stereocenters. The zero-order chi connectivity index (χ0) is 18.1. The predicted molar refractivity (Wildman–Crippen MR) is 102 cm³/mol. The summed E-state index contributed by atoms with van der Waals surface area (Å²) in [6.45, 7) is 4.74. The van der Waals surface area contributed by atoms with Crippen molar-refractivity contribution in [3.63, 3.8) is 0 Å². The van der Waals surface area contributed by atoms with Gasteiger partial charge in [-0.15, -0.1) is 5.10 Å². The van der Waals surface area contributed by atoms with Crippen LogP contribution in [0.15, 0.2) is 48.5 Å². The van der Waals surface area contributed by atoms with E-state index in [0.29, 0.717) is 12.6 Å². The Hall–Kier alpha value is -3.02. The van der Waals surface area contributed by atoms with Gasteiger partial charge >= 0.3 is 0 Å². The van der Waals surface area contributed by atoms with Crippen LogP contribution in [0, 0.1) is 6.92 Å². The van der Waals surface area contributed by atoms with Gasteiger partial charge in [0.2, 0.25) is 11.9 Å². The van der Waals surface area contributed by atoms with Crippen molar-refractivity contribution in [2.45, 2.75) is 32.4 Å². The maximum Gasteiger partial charge on any atom is 0.241 e. The number of aromatic nitrogens is 3. The maximum atomic E-state index is 5.86. The Labute approximate surface area is 153 Å². The Balaban J connectivity index is 1.67. The molecular formula is C20H23N5O. The van der Waals surface area contributed by atoms with Crippen LogP contribution < -0.4 is 15.8 Å². The van der Waals surface area contributed by atoms with Crippen molar-refractivity contribution >= 4 is 11.9 Å². The molecule has 0 fully saturated rings. The van der Waals surface area contributed by atoms with Gasteiger partial charge in [-0.1, -0.05) is 42.0 Å². The SMILES string of the molecule is CCOc1ccc([C@@H]2C[C@H](c3ccc(C)cc3)n3nc(N)nc3N2)cc1. The van der Waals surface area contributed by atoms with Gasteiger partial charge in [-0.2, -0.15) is 4.98 Å². The van der Waals surface area contributed by atoms with Gasteiger partial charge in [0.15, 0.2) is 0 Å². The predicted octanol–water partition coefficient (Wildman–Crippen LogP) is 3.71. The van der Waals surface area contributed by atoms with Crippen LogP contribution in [0.1, 0.15) is 42.1 Å². The second-order valence-corrected chi connectivity index (χ2v) is 6.60. The highest BCUT2D eigenvalue weighted by molar-refractivity contribution is 5.42. The summed E-state index contributed by atoms with van der Waals surface area (Å²) in [4.78, 5) is 4.36. The second-order valence-electron chi connectivity index (χ2n) is 6.60. The van der Waals surface area contributed by atoms with Crippen molar-refractivity contribution in [1.29, 1.82) is 0 Å². The van der Waals surface area contributed by atoms with Crippen LogP contribution in [0.3, 0.4) is 0 Å². The molecule has 6 nitrogen and oxygen atoms in total. The van der Waals surface area contributed by atoms with Crippen molar-refractivity contribution in [1.82, 2.24) is 14.8 Å². The number of aryl methyl sites for hydroxylation is 1. The van der Waals surface area contributed by atoms with Gasteiger partial charge in [0.1, 0.15) is 5.75 Å². The molecule has 0 amide bonds. The number of anilines is 2. The van der Waals surface area contributed by atoms with Gasteiger partial charge in [-0.25, -0.2) is 4.68 Å². The molecule has 0 aliphatic carbocycles. The van der Waals surface area contributed by atoms with Crippen LogP contribution in [0.5, 0.6) is 5.75 Å². The lowest BCUT2D eigenvalue weighted by Crippen LogP contribution is -2.28. The minimum absolute atomic E-state index is 0.0909. The van der Waals surface area contributed by atoms with E-state index in [1.165, 1.54) is 16.7 Å². The molecule has 1 aliphatic rings. The van der Waals surface area contributed by atoms with E-state index in [0.717, 1.165) is 12.2 Å². The summed E-state index contributed by atoms with van der Waals surface area (Å²) in [6, 6.07) is 17.0. The molecule has 2 aromatic carbocycles. The van der Waals surface area contributed by atoms with Crippen molar-refractivity contribution in [2.75, 3.05) is 17.7 Å². The van der Waals surface area contributed by atoms with E-state index in [1.807, 2.05) is 23.7 Å². The maximum absolute atomic E-state index is 5.86. The molecule has 3 N–H and O–H groups in total. The van der Waals surface area contributed by atoms with E-state index in [2.05, 4.69) is 58.7 Å². The fourth-order valence-electron chi connectivity index (χ4n) is 3.44. The summed E-state index contributed by atoms with van der Waals surface area (Å²) in [5.74, 6) is 1.88. The average molecular weight is 349 g/mol. The lowest BCUT2D eigenvalue weighted by molar-refractivity contribution is 0.340. The number of rotatable bonds is 4. The minimum atomic E-state index is 0.0909. The molecule has 26 heavy (non-hydrogen) atoms. The van der Waals surface area contributed by atoms with Crippen molar-refractivity contribution in [3.05, 3.63) is 65.2 Å². The molecule has 4 rings (SSSR count). The van der Waals surface area contributed by atoms with Crippen molar-refractivity contribution in [3.8, 4) is 5.75 Å². The van der Waals surface area contributed by atoms with Crippen LogP contribution >= 0.6 is 0 Å². The number of nitrogen functional groups attached to an aromatic ring is 1. The molecule has 1 aromatic heterocycles. The molecule has 1 aliphatic heterocycles. The summed E-state index contributed by atoms with van der Waals surface area (Å²) in [6.07, 6.45) is 0.868. The number of nitrogens with one attached hydrogen (secondary N) is 1. The number of benzene rings is 2. The summed E-state index contributed by atoms with van der Waals surface area (Å²) in [5.41, 5.74) is 9.50. The summed E-state index contributed by atoms with van der Waals surface area (Å²) >= 11 is 0. The quantitative estimate of drug-likeness (QED) is 0.751. The van der Waals surface area contributed by atoms with Crippen molar-refractivity contribution in [2.24, 2.45) is 0 Å². The molecule has 2 heterocycles. The molecule has 0 saturated carbocycles. The molecule has 134 valence electrons. The highest BCUT2D eigenvalue weighted by Crippen LogP contribution is 2.38. The van der Waals surface area contributed by atoms with Gasteiger partial charge < -0.3 is 15.8 Å². The smallest absolute Gasteiger partial charge is 0.241 e. The Kier molecular flexibility index (Phi) is 4.24. The second kappa shape index (κ2) is 6.71. The first-order valence-corrected chi connectivity index (χ1v) is 8.92. The lowest BCUT2D eigenvalue weighted by atomic mass is 9.93. The normalized spacial score (nSPS) is 18.8. The third-order valence-electron chi connectivity index (χ3n) is 4.76. The van der Waals surface area contributed by atoms with Crippen LogP contribution in [-0.2, 0) is 0 Å². The van der Waals surface area contributed by atoms with Crippen molar-refractivity contribution < 1.29 is 4.74 Å². The Morgan fingerprint density at radius 3 is 2.50 bits per heavy atom. The van der Waals surface area contributed by atoms with E-state index in [9.17, 15) is 0 Å². The molecule has 0 spiro atoms. The van der Waals surface area contributed by atoms with E-state index in [1.54, 1.807) is 0 Å². The van der Waals surface area contributed by atoms with Gasteiger partial charge in [0.05, 0.1) is 18.7 Å². The van der Waals surface area contributed by atoms with Crippen LogP contribution in [0.25, 0.3) is 0 Å². The van der Waals surface area contributed by atoms with E-state index >= 15 is 0 Å². The first kappa shape index (κ1) is 16.4. The van der Waals surface area contributed by atoms with E-state index in [-0.39, 0.29) is 18.0 Å². The average Bonchev–Trinajstić information content (AvgIpc) is 3.03. The summed E-state index contributed by atoms with van der Waals surface area (Å²) in [5, 5.41) is 7.86. The number of hydrogen-bond acceptors (Lipinski definition) is 5. The largest absolute Gasteiger partial charge is 0.494 e. The fraction of sp³-hybridized carbons (Fsp3) is 0.300. The summed E-state index contributed by atoms with van der Waals surface area (Å²) < 4.78 is 7.44. The zero-order valence-electron chi connectivity index (χ0n) is 15.0. The Morgan fingerprint density at radius 1 is 1.12 bits per heavy atom. The molecule has 0 bridgehead atoms. The van der Waals surface area contributed by atoms with Crippen LogP contribution in [0.4, 0.5) is 11.9 Å². The minimum Gasteiger partial charge on any atom is -0.494 e. The zero-order valence-corrected chi connectivity index (χ0v) is 15.0. The first-order valence-electron chi connectivity index (χ1n) is 8.92. The molecule has 6 heteroatoms. The third-order valence-corrected chi connectivity index (χ3v) is 4.76. The number of nitrogens with two attached hydrogens (primary N) is 1. The molecule has 3 aromatic rings. The molecular weight excluding hydrogens is 326 g/mol. The van der Waals surface area contributed by atoms with E-state index < -0.39 is 0 Å². The Bertz CT molecular complexity index is 886. The standard InChI is InChI=1S/C20H23N5O/c1-3-26-16-10-8-14(9-11-16)17-12-18(15-6-4-13(2)5-7-15)25-20(22-17)23-19(21)24-25/h4-11,17-18H,3,12H2,1-2H3,(H3,21,22,23,24)/t17-,18+/m0/s1. The number of hydrogen-bond donors (Lipinski definition) is 2. The highest BCUT2D eigenvalue weighted by Gasteiger charge is 2.30. The fourth-order valence-corrected chi connectivity index (χ4v) is 3.44. The van der Waals surface area contributed by atoms with Crippen LogP contribution in [-0.4, -0.2) is 21.4 Å². The van der Waals surface area contributed by atoms with Crippen LogP contribution in [0.2, 0.25) is 0 Å². The topological polar surface area (TPSA) is 78.0 Å². The van der Waals surface area contributed by atoms with Gasteiger partial charge in [-0.05, 0) is 43.5 Å². The van der Waals surface area contributed by atoms with Gasteiger partial charge in [0.25, 0.3) is 0 Å². The highest BCUT2D eigenvalue weighted by atomic mass is 16.5. The molecule has 0 saturated heterocycles. The third kappa shape index (κ3) is 3.10. The lowest BCUT2D eigenvalue weighted by Gasteiger charge is -2.31. The summed E-state index contributed by atoms with van der Waals surface area (Å²) in [7, 11) is 0.